The van der Waals surface area contributed by atoms with Gasteiger partial charge < -0.3 is 34.2 Å². The maximum Gasteiger partial charge on any atom is 1.00 e. The molecular formula is C37H21Cl3N12Na4O14S3. The van der Waals surface area contributed by atoms with Gasteiger partial charge in [0, 0.05) is 16.9 Å². The van der Waals surface area contributed by atoms with Gasteiger partial charge in [-0.3, -0.25) is 14.4 Å². The molecule has 73 heavy (non-hydrogen) atoms. The molecule has 0 bridgehead atoms. The molecule has 2 atom stereocenters. The number of nitrogens with one attached hydrogen (secondary N) is 2. The van der Waals surface area contributed by atoms with Crippen LogP contribution in [0.2, 0.25) is 15.5 Å². The molecule has 5 aromatic rings. The Kier molecular flexibility index (Phi) is 22.6. The molecule has 36 heteroatoms. The first kappa shape index (κ1) is 64.1. The summed E-state index contributed by atoms with van der Waals surface area (Å²) in [7, 11) is -15.3. The number of hydrazone groups is 2. The zero-order chi connectivity index (χ0) is 50.3. The number of carbonyl (C=O) groups excluding carboxylic acids is 4. The van der Waals surface area contributed by atoms with Crippen LogP contribution < -0.4 is 144 Å². The van der Waals surface area contributed by atoms with Crippen LogP contribution in [0.25, 0.3) is 0 Å². The van der Waals surface area contributed by atoms with Gasteiger partial charge >= 0.3 is 118 Å². The number of anilines is 5. The average molecular weight is 1150 g/mol. The Morgan fingerprint density at radius 3 is 1.64 bits per heavy atom. The van der Waals surface area contributed by atoms with Gasteiger partial charge in [-0.25, -0.2) is 30.2 Å². The van der Waals surface area contributed by atoms with E-state index in [1.54, 1.807) is 0 Å². The third kappa shape index (κ3) is 15.0. The van der Waals surface area contributed by atoms with Gasteiger partial charge in [0.05, 0.1) is 37.7 Å². The summed E-state index contributed by atoms with van der Waals surface area (Å²) in [5, 5.41) is 40.7. The first-order chi connectivity index (χ1) is 32.3. The third-order valence-corrected chi connectivity index (χ3v) is 12.8. The molecule has 2 aliphatic heterocycles. The Balaban J connectivity index is 0.00000352. The molecular weight excluding hydrogens is 1130 g/mol. The smallest absolute Gasteiger partial charge is 0.744 e. The van der Waals surface area contributed by atoms with Crippen molar-refractivity contribution >= 4 is 140 Å². The van der Waals surface area contributed by atoms with Crippen molar-refractivity contribution in [1.29, 1.82) is 0 Å². The van der Waals surface area contributed by atoms with Gasteiger partial charge in [0.1, 0.15) is 52.5 Å². The minimum atomic E-state index is -5.31. The molecule has 7 rings (SSSR count). The van der Waals surface area contributed by atoms with Crippen LogP contribution in [0, 0.1) is 0 Å². The van der Waals surface area contributed by atoms with Gasteiger partial charge in [-0.1, -0.05) is 23.2 Å². The molecule has 4 aromatic carbocycles. The van der Waals surface area contributed by atoms with Crippen molar-refractivity contribution in [3.63, 3.8) is 0 Å². The number of halogens is 3. The second kappa shape index (κ2) is 25.7. The number of hydrogen-bond donors (Lipinski definition) is 2. The topological polar surface area (TPSA) is 393 Å². The van der Waals surface area contributed by atoms with Gasteiger partial charge in [0.15, 0.2) is 23.1 Å². The van der Waals surface area contributed by atoms with Crippen molar-refractivity contribution in [2.75, 3.05) is 20.7 Å². The molecule has 0 radical (unpaired) electrons. The number of carbonyl (C=O) groups is 4. The van der Waals surface area contributed by atoms with Crippen molar-refractivity contribution in [3.8, 4) is 0 Å². The van der Waals surface area contributed by atoms with Crippen LogP contribution in [0.1, 0.15) is 17.3 Å². The summed E-state index contributed by atoms with van der Waals surface area (Å²) < 4.78 is 106. The van der Waals surface area contributed by atoms with E-state index in [9.17, 15) is 63.2 Å². The number of aromatic nitrogens is 2. The van der Waals surface area contributed by atoms with E-state index in [0.29, 0.717) is 5.01 Å². The van der Waals surface area contributed by atoms with Gasteiger partial charge in [-0.2, -0.15) is 45.7 Å². The Bertz CT molecular complexity index is 3510. The number of nitrogens with zero attached hydrogens (tertiary/aromatic N) is 10. The quantitative estimate of drug-likeness (QED) is 0.0343. The van der Waals surface area contributed by atoms with Crippen LogP contribution in [0.3, 0.4) is 0 Å². The zero-order valence-corrected chi connectivity index (χ0v) is 50.5. The first-order valence-electron chi connectivity index (χ1n) is 18.5. The summed E-state index contributed by atoms with van der Waals surface area (Å²) in [6.45, 7) is 1.42. The van der Waals surface area contributed by atoms with Gasteiger partial charge in [0.2, 0.25) is 5.28 Å². The van der Waals surface area contributed by atoms with E-state index in [4.69, 9.17) is 34.8 Å². The van der Waals surface area contributed by atoms with Gasteiger partial charge in [0.25, 0.3) is 17.7 Å². The van der Waals surface area contributed by atoms with Gasteiger partial charge in [-0.05, 0) is 103 Å². The maximum atomic E-state index is 13.5. The minimum absolute atomic E-state index is 0. The Morgan fingerprint density at radius 1 is 0.644 bits per heavy atom. The summed E-state index contributed by atoms with van der Waals surface area (Å²) in [6, 6.07) is 11.1. The molecule has 26 nitrogen and oxygen atoms in total. The predicted octanol–water partition coefficient (Wildman–Crippen LogP) is -8.36. The van der Waals surface area contributed by atoms with Crippen molar-refractivity contribution in [2.24, 2.45) is 30.7 Å². The summed E-state index contributed by atoms with van der Waals surface area (Å²) in [5.41, 5.74) is -2.40. The molecule has 0 spiro atoms. The van der Waals surface area contributed by atoms with Gasteiger partial charge in [-0.15, -0.1) is 0 Å². The number of benzene rings is 4. The molecule has 0 fully saturated rings. The van der Waals surface area contributed by atoms with Crippen LogP contribution in [-0.2, 0) is 44.7 Å². The van der Waals surface area contributed by atoms with E-state index in [2.05, 4.69) is 51.3 Å². The Labute approximate surface area is 516 Å². The number of azo groups is 2. The fourth-order valence-corrected chi connectivity index (χ4v) is 8.26. The second-order valence-corrected chi connectivity index (χ2v) is 19.0. The average Bonchev–Trinajstić information content (AvgIpc) is 3.76. The van der Waals surface area contributed by atoms with E-state index >= 15 is 0 Å². The van der Waals surface area contributed by atoms with E-state index in [1.165, 1.54) is 37.3 Å². The van der Waals surface area contributed by atoms with Crippen LogP contribution in [0.15, 0.2) is 130 Å². The molecule has 0 saturated heterocycles. The standard InChI is InChI=1S/C37H25Cl3N12O14S3.4Na/c1-16-28(47-45-23-14-18(4-12-25(23)68(61,62)63)41-32-27(38)31(39)43-37(40)44-32)34(54)51(49-16)20-6-2-17(3-7-20)33(53)42-19-5-13-26(69(64,65)66)24(15-19)46-48-29-30(36(56)57)50-52(35(29)55)21-8-10-22(11-9-21)67(58,59)60;;;;/h2-15,28-29H,1H3,(H,42,53)(H,56,57)(H,41,43,44)(H,58,59,60)(H,61,62,63)(H,64,65,66);;;;/q;4*+1/p-4. The summed E-state index contributed by atoms with van der Waals surface area (Å²) >= 11 is 17.9. The van der Waals surface area contributed by atoms with Crippen molar-refractivity contribution in [3.05, 3.63) is 106 Å². The fraction of sp³-hybridized carbons (Fsp3) is 0.0811. The number of rotatable bonds is 14. The molecule has 2 unspecified atom stereocenters. The molecule has 2 aliphatic rings. The Hall–Kier alpha value is -3.22. The summed E-state index contributed by atoms with van der Waals surface area (Å²) in [4.78, 5) is 57.1. The van der Waals surface area contributed by atoms with E-state index in [-0.39, 0.29) is 174 Å². The predicted molar refractivity (Wildman–Crippen MR) is 235 cm³/mol. The molecule has 3 amide bonds. The van der Waals surface area contributed by atoms with E-state index < -0.39 is 97.9 Å². The van der Waals surface area contributed by atoms with E-state index in [1.807, 2.05) is 0 Å². The van der Waals surface area contributed by atoms with Crippen molar-refractivity contribution in [1.82, 2.24) is 9.97 Å². The Morgan fingerprint density at radius 2 is 1.12 bits per heavy atom. The monoisotopic (exact) mass is 1150 g/mol. The summed E-state index contributed by atoms with van der Waals surface area (Å²) in [5.74, 6) is -4.90. The molecule has 0 aliphatic carbocycles. The number of amides is 3. The van der Waals surface area contributed by atoms with Crippen molar-refractivity contribution in [2.45, 2.75) is 33.7 Å². The maximum absolute atomic E-state index is 13.5. The second-order valence-electron chi connectivity index (χ2n) is 13.8. The molecule has 0 saturated carbocycles. The van der Waals surface area contributed by atoms with Crippen molar-refractivity contribution < 1.29 is 181 Å². The fourth-order valence-electron chi connectivity index (χ4n) is 6.09. The first-order valence-corrected chi connectivity index (χ1v) is 23.8. The number of carboxylic acids is 1. The number of hydrogen-bond acceptors (Lipinski definition) is 23. The van der Waals surface area contributed by atoms with Crippen LogP contribution >= 0.6 is 34.8 Å². The third-order valence-electron chi connectivity index (χ3n) is 9.28. The molecule has 356 valence electrons. The molecule has 1 aromatic heterocycles. The molecule has 3 heterocycles. The number of carboxylic acid groups (broad SMARTS) is 1. The number of aliphatic carboxylic acids is 1. The molecule has 2 N–H and O–H groups in total. The van der Waals surface area contributed by atoms with Crippen LogP contribution in [-0.4, -0.2) is 96.1 Å². The SMILES string of the molecule is CC1=NN(c2ccc(C(=O)Nc3ccc(S(=O)(=O)[O-])c(N=NC4C(=O)N(c5ccc(S(=O)(=O)[O-])cc5)N=C4C(=O)[O-])c3)cc2)C(=O)C1N=Nc1cc(Nc2nc(Cl)nc(Cl)c2Cl)ccc1S(=O)(=O)[O-].[Na+].[Na+].[Na+].[Na+]. The zero-order valence-electron chi connectivity index (χ0n) is 37.8. The normalized spacial score (nSPS) is 15.7. The largest absolute Gasteiger partial charge is 1.00 e. The van der Waals surface area contributed by atoms with E-state index in [0.717, 1.165) is 59.6 Å². The van der Waals surface area contributed by atoms with Crippen LogP contribution in [0.4, 0.5) is 39.9 Å². The minimum Gasteiger partial charge on any atom is -0.744 e. The summed E-state index contributed by atoms with van der Waals surface area (Å²) in [6.07, 6.45) is 0. The van der Waals surface area contributed by atoms with Crippen LogP contribution in [0.5, 0.6) is 0 Å².